The lowest BCUT2D eigenvalue weighted by molar-refractivity contribution is -0.0309. The summed E-state index contributed by atoms with van der Waals surface area (Å²) in [7, 11) is 0. The normalized spacial score (nSPS) is 24.2. The predicted octanol–water partition coefficient (Wildman–Crippen LogP) is 2.99. The second-order valence-corrected chi connectivity index (χ2v) is 10.0. The minimum atomic E-state index is -0.471. The molecule has 156 valence electrons. The first-order valence-corrected chi connectivity index (χ1v) is 11.1. The number of nitrogens with zero attached hydrogens (tertiary/aromatic N) is 5. The topological polar surface area (TPSA) is 71.0 Å². The van der Waals surface area contributed by atoms with E-state index in [0.29, 0.717) is 31.0 Å². The van der Waals surface area contributed by atoms with Gasteiger partial charge in [-0.15, -0.1) is 0 Å². The highest BCUT2D eigenvalue weighted by atomic mass is 35.5. The second-order valence-electron chi connectivity index (χ2n) is 8.63. The molecule has 1 amide bonds. The fourth-order valence-electron chi connectivity index (χ4n) is 4.00. The first kappa shape index (κ1) is 19.1. The summed E-state index contributed by atoms with van der Waals surface area (Å²) < 4.78 is 12.0. The number of thiazole rings is 1. The SMILES string of the molecule is CC(C)(C)OC(=O)N1C[C@H]2C1CN2c1nc2c(N3CCOCC3)nc(Cl)cc2s1. The van der Waals surface area contributed by atoms with Gasteiger partial charge in [0.1, 0.15) is 16.3 Å². The molecule has 0 saturated carbocycles. The van der Waals surface area contributed by atoms with E-state index in [4.69, 9.17) is 26.1 Å². The van der Waals surface area contributed by atoms with Crippen LogP contribution in [0.1, 0.15) is 20.8 Å². The second kappa shape index (κ2) is 6.85. The van der Waals surface area contributed by atoms with E-state index < -0.39 is 5.60 Å². The zero-order valence-corrected chi connectivity index (χ0v) is 18.3. The van der Waals surface area contributed by atoms with Gasteiger partial charge in [0.25, 0.3) is 0 Å². The van der Waals surface area contributed by atoms with Crippen molar-refractivity contribution in [1.82, 2.24) is 14.9 Å². The number of aromatic nitrogens is 2. The highest BCUT2D eigenvalue weighted by Gasteiger charge is 2.55. The number of anilines is 2. The lowest BCUT2D eigenvalue weighted by Crippen LogP contribution is -2.80. The number of amides is 1. The monoisotopic (exact) mass is 437 g/mol. The van der Waals surface area contributed by atoms with Crippen LogP contribution >= 0.6 is 22.9 Å². The van der Waals surface area contributed by atoms with Gasteiger partial charge in [-0.3, -0.25) is 4.90 Å². The van der Waals surface area contributed by atoms with Crippen molar-refractivity contribution in [2.24, 2.45) is 0 Å². The molecule has 0 aromatic carbocycles. The van der Waals surface area contributed by atoms with Gasteiger partial charge >= 0.3 is 6.09 Å². The number of carbonyl (C=O) groups is 1. The number of halogens is 1. The molecule has 10 heteroatoms. The van der Waals surface area contributed by atoms with Crippen molar-refractivity contribution in [3.05, 3.63) is 11.2 Å². The first-order chi connectivity index (χ1) is 13.8. The Morgan fingerprint density at radius 3 is 2.66 bits per heavy atom. The molecule has 2 aromatic heterocycles. The third-order valence-electron chi connectivity index (χ3n) is 5.51. The van der Waals surface area contributed by atoms with Gasteiger partial charge in [0.15, 0.2) is 10.9 Å². The molecule has 5 rings (SSSR count). The highest BCUT2D eigenvalue weighted by Crippen LogP contribution is 2.43. The molecule has 5 heterocycles. The van der Waals surface area contributed by atoms with E-state index in [1.807, 2.05) is 31.7 Å². The van der Waals surface area contributed by atoms with Crippen LogP contribution in [0.5, 0.6) is 0 Å². The van der Waals surface area contributed by atoms with Gasteiger partial charge in [0.05, 0.1) is 30.0 Å². The summed E-state index contributed by atoms with van der Waals surface area (Å²) in [6, 6.07) is 2.39. The lowest BCUT2D eigenvalue weighted by atomic mass is 9.86. The third kappa shape index (κ3) is 3.39. The lowest BCUT2D eigenvalue weighted by Gasteiger charge is -2.61. The number of carbonyl (C=O) groups excluding carboxylic acids is 1. The maximum Gasteiger partial charge on any atom is 0.410 e. The molecule has 0 aliphatic carbocycles. The molecule has 0 bridgehead atoms. The van der Waals surface area contributed by atoms with Crippen LogP contribution in [0.2, 0.25) is 5.15 Å². The van der Waals surface area contributed by atoms with Crippen LogP contribution in [0.4, 0.5) is 15.7 Å². The summed E-state index contributed by atoms with van der Waals surface area (Å²) in [5, 5.41) is 1.44. The molecule has 8 nitrogen and oxygen atoms in total. The fraction of sp³-hybridized carbons (Fsp3) is 0.632. The van der Waals surface area contributed by atoms with E-state index >= 15 is 0 Å². The molecular weight excluding hydrogens is 414 g/mol. The Balaban J connectivity index is 1.33. The maximum absolute atomic E-state index is 12.3. The van der Waals surface area contributed by atoms with Crippen LogP contribution in [0.3, 0.4) is 0 Å². The average molecular weight is 438 g/mol. The van der Waals surface area contributed by atoms with Crippen molar-refractivity contribution in [3.8, 4) is 0 Å². The van der Waals surface area contributed by atoms with Gasteiger partial charge in [-0.25, -0.2) is 14.8 Å². The summed E-state index contributed by atoms with van der Waals surface area (Å²) in [6.07, 6.45) is -0.228. The number of hydrogen-bond acceptors (Lipinski definition) is 8. The molecule has 0 radical (unpaired) electrons. The molecule has 29 heavy (non-hydrogen) atoms. The van der Waals surface area contributed by atoms with Crippen molar-refractivity contribution in [1.29, 1.82) is 0 Å². The largest absolute Gasteiger partial charge is 0.444 e. The third-order valence-corrected chi connectivity index (χ3v) is 6.75. The molecular formula is C19H24ClN5O3S. The van der Waals surface area contributed by atoms with Gasteiger partial charge in [0.2, 0.25) is 0 Å². The molecule has 3 aliphatic rings. The standard InChI is InChI=1S/C19H24ClN5O3S/c1-19(2,3)28-18(26)25-10-11-12(25)9-24(11)17-22-15-13(29-17)8-14(20)21-16(15)23-4-6-27-7-5-23/h8,11-12H,4-7,9-10H2,1-3H3/t11-,12?/m0/s1. The Kier molecular flexibility index (Phi) is 4.52. The molecule has 2 atom stereocenters. The fourth-order valence-corrected chi connectivity index (χ4v) is 5.31. The van der Waals surface area contributed by atoms with Crippen LogP contribution in [-0.2, 0) is 9.47 Å². The van der Waals surface area contributed by atoms with Crippen molar-refractivity contribution >= 4 is 50.2 Å². The number of morpholine rings is 1. The van der Waals surface area contributed by atoms with Crippen LogP contribution in [0.15, 0.2) is 6.07 Å². The molecule has 3 aliphatic heterocycles. The Bertz CT molecular complexity index is 955. The van der Waals surface area contributed by atoms with Gasteiger partial charge in [-0.2, -0.15) is 0 Å². The van der Waals surface area contributed by atoms with E-state index in [-0.39, 0.29) is 12.1 Å². The van der Waals surface area contributed by atoms with E-state index in [9.17, 15) is 4.79 Å². The Morgan fingerprint density at radius 1 is 1.24 bits per heavy atom. The van der Waals surface area contributed by atoms with Crippen molar-refractivity contribution < 1.29 is 14.3 Å². The van der Waals surface area contributed by atoms with Gasteiger partial charge in [-0.05, 0) is 26.8 Å². The summed E-state index contributed by atoms with van der Waals surface area (Å²) >= 11 is 7.92. The smallest absolute Gasteiger partial charge is 0.410 e. The molecule has 3 fully saturated rings. The van der Waals surface area contributed by atoms with Crippen molar-refractivity contribution in [2.75, 3.05) is 49.2 Å². The number of piperazine rings is 1. The van der Waals surface area contributed by atoms with Crippen LogP contribution in [0.25, 0.3) is 10.2 Å². The zero-order valence-electron chi connectivity index (χ0n) is 16.7. The highest BCUT2D eigenvalue weighted by molar-refractivity contribution is 7.22. The van der Waals surface area contributed by atoms with E-state index in [2.05, 4.69) is 14.8 Å². The minimum absolute atomic E-state index is 0.206. The average Bonchev–Trinajstić information content (AvgIpc) is 3.05. The van der Waals surface area contributed by atoms with Crippen LogP contribution in [0, 0.1) is 0 Å². The summed E-state index contributed by atoms with van der Waals surface area (Å²) in [5.41, 5.74) is 0.420. The number of fused-ring (bicyclic) bond motifs is 2. The van der Waals surface area contributed by atoms with Crippen molar-refractivity contribution in [3.63, 3.8) is 0 Å². The quantitative estimate of drug-likeness (QED) is 0.669. The number of likely N-dealkylation sites (tertiary alicyclic amines) is 1. The molecule has 0 N–H and O–H groups in total. The van der Waals surface area contributed by atoms with Gasteiger partial charge in [0, 0.05) is 26.2 Å². The van der Waals surface area contributed by atoms with Crippen LogP contribution < -0.4 is 9.80 Å². The number of pyridine rings is 1. The summed E-state index contributed by atoms with van der Waals surface area (Å²) in [6.45, 7) is 10.1. The van der Waals surface area contributed by atoms with Gasteiger partial charge < -0.3 is 19.3 Å². The van der Waals surface area contributed by atoms with Crippen molar-refractivity contribution in [2.45, 2.75) is 38.5 Å². The number of rotatable bonds is 2. The molecule has 1 unspecified atom stereocenters. The minimum Gasteiger partial charge on any atom is -0.444 e. The maximum atomic E-state index is 12.3. The number of ether oxygens (including phenoxy) is 2. The molecule has 3 saturated heterocycles. The molecule has 0 spiro atoms. The van der Waals surface area contributed by atoms with Gasteiger partial charge in [-0.1, -0.05) is 22.9 Å². The summed E-state index contributed by atoms with van der Waals surface area (Å²) in [4.78, 5) is 28.0. The van der Waals surface area contributed by atoms with E-state index in [1.165, 1.54) is 0 Å². The Hall–Kier alpha value is -1.84. The summed E-state index contributed by atoms with van der Waals surface area (Å²) in [5.74, 6) is 0.833. The Labute approximate surface area is 178 Å². The van der Waals surface area contributed by atoms with E-state index in [0.717, 1.165) is 40.8 Å². The molecule has 2 aromatic rings. The predicted molar refractivity (Wildman–Crippen MR) is 113 cm³/mol. The van der Waals surface area contributed by atoms with E-state index in [1.54, 1.807) is 11.3 Å². The first-order valence-electron chi connectivity index (χ1n) is 9.86. The Morgan fingerprint density at radius 2 is 2.00 bits per heavy atom. The zero-order chi connectivity index (χ0) is 20.3. The number of hydrogen-bond donors (Lipinski definition) is 0. The van der Waals surface area contributed by atoms with Crippen LogP contribution in [-0.4, -0.2) is 78.0 Å².